The van der Waals surface area contributed by atoms with Crippen molar-refractivity contribution in [2.75, 3.05) is 11.9 Å². The van der Waals surface area contributed by atoms with E-state index in [-0.39, 0.29) is 5.92 Å². The first-order valence-electron chi connectivity index (χ1n) is 4.91. The molecule has 0 saturated carbocycles. The summed E-state index contributed by atoms with van der Waals surface area (Å²) in [4.78, 5) is 1.93. The van der Waals surface area contributed by atoms with Crippen molar-refractivity contribution < 1.29 is 0 Å². The molecule has 14 heavy (non-hydrogen) atoms. The topological polar surface area (TPSA) is 27.1 Å². The highest BCUT2D eigenvalue weighted by molar-refractivity contribution is 5.96. The van der Waals surface area contributed by atoms with Crippen molar-refractivity contribution in [1.82, 2.24) is 0 Å². The van der Waals surface area contributed by atoms with E-state index in [2.05, 4.69) is 19.1 Å². The van der Waals surface area contributed by atoms with E-state index >= 15 is 0 Å². The number of rotatable bonds is 2. The SMILES string of the molecule is Cc1cccc(N(C)C(=N)C(C)C)c1. The number of hydrogen-bond donors (Lipinski definition) is 1. The van der Waals surface area contributed by atoms with Crippen LogP contribution in [0.1, 0.15) is 19.4 Å². The maximum Gasteiger partial charge on any atom is 0.103 e. The zero-order chi connectivity index (χ0) is 10.7. The third-order valence-corrected chi connectivity index (χ3v) is 2.30. The molecular formula is C12H18N2. The van der Waals surface area contributed by atoms with Gasteiger partial charge in [-0.05, 0) is 24.6 Å². The van der Waals surface area contributed by atoms with Gasteiger partial charge in [-0.2, -0.15) is 0 Å². The van der Waals surface area contributed by atoms with E-state index in [0.717, 1.165) is 5.69 Å². The van der Waals surface area contributed by atoms with Gasteiger partial charge in [-0.1, -0.05) is 26.0 Å². The number of anilines is 1. The van der Waals surface area contributed by atoms with E-state index in [4.69, 9.17) is 5.41 Å². The molecule has 0 spiro atoms. The fourth-order valence-corrected chi connectivity index (χ4v) is 1.36. The van der Waals surface area contributed by atoms with E-state index in [1.54, 1.807) is 0 Å². The normalized spacial score (nSPS) is 10.4. The lowest BCUT2D eigenvalue weighted by atomic mass is 10.1. The minimum Gasteiger partial charge on any atom is -0.333 e. The quantitative estimate of drug-likeness (QED) is 0.563. The Bertz CT molecular complexity index is 329. The number of nitrogens with one attached hydrogen (secondary N) is 1. The molecule has 1 aromatic carbocycles. The summed E-state index contributed by atoms with van der Waals surface area (Å²) in [6.07, 6.45) is 0. The van der Waals surface area contributed by atoms with Gasteiger partial charge in [0, 0.05) is 18.7 Å². The first-order chi connectivity index (χ1) is 6.52. The average molecular weight is 190 g/mol. The van der Waals surface area contributed by atoms with Gasteiger partial charge in [0.15, 0.2) is 0 Å². The Morgan fingerprint density at radius 2 is 2.00 bits per heavy atom. The second-order valence-electron chi connectivity index (χ2n) is 3.94. The molecular weight excluding hydrogens is 172 g/mol. The van der Waals surface area contributed by atoms with Gasteiger partial charge in [0.25, 0.3) is 0 Å². The molecule has 0 saturated heterocycles. The highest BCUT2D eigenvalue weighted by atomic mass is 15.1. The summed E-state index contributed by atoms with van der Waals surface area (Å²) >= 11 is 0. The molecule has 1 rings (SSSR count). The fourth-order valence-electron chi connectivity index (χ4n) is 1.36. The van der Waals surface area contributed by atoms with Crippen LogP contribution in [0.2, 0.25) is 0 Å². The van der Waals surface area contributed by atoms with E-state index in [1.807, 2.05) is 37.9 Å². The minimum atomic E-state index is 0.264. The van der Waals surface area contributed by atoms with E-state index < -0.39 is 0 Å². The van der Waals surface area contributed by atoms with Crippen molar-refractivity contribution in [2.24, 2.45) is 5.92 Å². The Hall–Kier alpha value is -1.31. The minimum absolute atomic E-state index is 0.264. The van der Waals surface area contributed by atoms with Gasteiger partial charge in [0.2, 0.25) is 0 Å². The Morgan fingerprint density at radius 1 is 1.36 bits per heavy atom. The molecule has 0 radical (unpaired) electrons. The predicted octanol–water partition coefficient (Wildman–Crippen LogP) is 3.06. The van der Waals surface area contributed by atoms with Crippen LogP contribution in [-0.4, -0.2) is 12.9 Å². The fraction of sp³-hybridized carbons (Fsp3) is 0.417. The summed E-state index contributed by atoms with van der Waals surface area (Å²) in [6.45, 7) is 6.14. The van der Waals surface area contributed by atoms with Gasteiger partial charge in [-0.15, -0.1) is 0 Å². The van der Waals surface area contributed by atoms with Crippen LogP contribution in [0, 0.1) is 18.3 Å². The van der Waals surface area contributed by atoms with Crippen molar-refractivity contribution in [3.8, 4) is 0 Å². The van der Waals surface area contributed by atoms with Crippen molar-refractivity contribution in [2.45, 2.75) is 20.8 Å². The predicted molar refractivity (Wildman–Crippen MR) is 62.1 cm³/mol. The van der Waals surface area contributed by atoms with Crippen LogP contribution in [-0.2, 0) is 0 Å². The second-order valence-corrected chi connectivity index (χ2v) is 3.94. The maximum atomic E-state index is 7.88. The Labute approximate surface area is 86.1 Å². The van der Waals surface area contributed by atoms with Crippen LogP contribution in [0.4, 0.5) is 5.69 Å². The number of amidine groups is 1. The molecule has 0 aliphatic carbocycles. The summed E-state index contributed by atoms with van der Waals surface area (Å²) < 4.78 is 0. The van der Waals surface area contributed by atoms with Gasteiger partial charge in [0.05, 0.1) is 0 Å². The number of benzene rings is 1. The van der Waals surface area contributed by atoms with Crippen molar-refractivity contribution >= 4 is 11.5 Å². The molecule has 0 aliphatic heterocycles. The van der Waals surface area contributed by atoms with Crippen LogP contribution in [0.15, 0.2) is 24.3 Å². The first kappa shape index (κ1) is 10.8. The lowest BCUT2D eigenvalue weighted by molar-refractivity contribution is 0.849. The van der Waals surface area contributed by atoms with Gasteiger partial charge in [0.1, 0.15) is 5.84 Å². The third-order valence-electron chi connectivity index (χ3n) is 2.30. The van der Waals surface area contributed by atoms with Crippen LogP contribution in [0.25, 0.3) is 0 Å². The van der Waals surface area contributed by atoms with Crippen LogP contribution < -0.4 is 4.90 Å². The summed E-state index contributed by atoms with van der Waals surface area (Å²) in [6, 6.07) is 8.21. The summed E-state index contributed by atoms with van der Waals surface area (Å²) in [5.74, 6) is 0.913. The van der Waals surface area contributed by atoms with Crippen LogP contribution in [0.3, 0.4) is 0 Å². The molecule has 0 heterocycles. The second kappa shape index (κ2) is 4.27. The van der Waals surface area contributed by atoms with Crippen molar-refractivity contribution in [3.63, 3.8) is 0 Å². The highest BCUT2D eigenvalue weighted by Crippen LogP contribution is 2.16. The highest BCUT2D eigenvalue weighted by Gasteiger charge is 2.09. The monoisotopic (exact) mass is 190 g/mol. The summed E-state index contributed by atoms with van der Waals surface area (Å²) in [5, 5.41) is 7.88. The zero-order valence-corrected chi connectivity index (χ0v) is 9.33. The lowest BCUT2D eigenvalue weighted by Gasteiger charge is -2.22. The molecule has 0 aliphatic rings. The molecule has 76 valence electrons. The molecule has 0 atom stereocenters. The molecule has 0 amide bonds. The van der Waals surface area contributed by atoms with Crippen molar-refractivity contribution in [3.05, 3.63) is 29.8 Å². The van der Waals surface area contributed by atoms with Gasteiger partial charge in [-0.25, -0.2) is 0 Å². The van der Waals surface area contributed by atoms with Crippen LogP contribution in [0.5, 0.6) is 0 Å². The number of nitrogens with zero attached hydrogens (tertiary/aromatic N) is 1. The summed E-state index contributed by atoms with van der Waals surface area (Å²) in [7, 11) is 1.94. The maximum absolute atomic E-state index is 7.88. The third kappa shape index (κ3) is 2.34. The van der Waals surface area contributed by atoms with Crippen molar-refractivity contribution in [1.29, 1.82) is 5.41 Å². The van der Waals surface area contributed by atoms with E-state index in [0.29, 0.717) is 5.84 Å². The number of hydrogen-bond acceptors (Lipinski definition) is 1. The molecule has 2 heteroatoms. The first-order valence-corrected chi connectivity index (χ1v) is 4.91. The lowest BCUT2D eigenvalue weighted by Crippen LogP contribution is -2.29. The average Bonchev–Trinajstić information content (AvgIpc) is 2.15. The van der Waals surface area contributed by atoms with E-state index in [1.165, 1.54) is 5.56 Å². The van der Waals surface area contributed by atoms with E-state index in [9.17, 15) is 0 Å². The molecule has 0 aromatic heterocycles. The zero-order valence-electron chi connectivity index (χ0n) is 9.33. The number of aryl methyl sites for hydroxylation is 1. The Morgan fingerprint density at radius 3 is 2.50 bits per heavy atom. The largest absolute Gasteiger partial charge is 0.333 e. The Kier molecular flexibility index (Phi) is 3.28. The van der Waals surface area contributed by atoms with Gasteiger partial charge < -0.3 is 4.90 Å². The molecule has 0 unspecified atom stereocenters. The Balaban J connectivity index is 2.89. The van der Waals surface area contributed by atoms with Gasteiger partial charge >= 0.3 is 0 Å². The smallest absolute Gasteiger partial charge is 0.103 e. The van der Waals surface area contributed by atoms with Crippen LogP contribution >= 0.6 is 0 Å². The van der Waals surface area contributed by atoms with Gasteiger partial charge in [-0.3, -0.25) is 5.41 Å². The standard InChI is InChI=1S/C12H18N2/c1-9(2)12(13)14(4)11-7-5-6-10(3)8-11/h5-9,13H,1-4H3. The molecule has 2 nitrogen and oxygen atoms in total. The molecule has 0 bridgehead atoms. The molecule has 0 fully saturated rings. The molecule has 1 N–H and O–H groups in total. The molecule has 1 aromatic rings. The summed E-state index contributed by atoms with van der Waals surface area (Å²) in [5.41, 5.74) is 2.31.